The van der Waals surface area contributed by atoms with E-state index >= 15 is 0 Å². The number of rotatable bonds is 15. The van der Waals surface area contributed by atoms with Gasteiger partial charge in [0, 0.05) is 18.7 Å². The molecule has 1 amide bonds. The average Bonchev–Trinajstić information content (AvgIpc) is 2.65. The van der Waals surface area contributed by atoms with Crippen molar-refractivity contribution >= 4 is 5.91 Å². The fourth-order valence-electron chi connectivity index (χ4n) is 3.44. The summed E-state index contributed by atoms with van der Waals surface area (Å²) in [5.41, 5.74) is 1.96. The van der Waals surface area contributed by atoms with Gasteiger partial charge in [-0.2, -0.15) is 0 Å². The van der Waals surface area contributed by atoms with Crippen molar-refractivity contribution < 1.29 is 4.79 Å². The summed E-state index contributed by atoms with van der Waals surface area (Å²) in [7, 11) is 0. The highest BCUT2D eigenvalue weighted by Gasteiger charge is 2.16. The molecule has 0 saturated heterocycles. The molecule has 0 aliphatic rings. The zero-order valence-corrected chi connectivity index (χ0v) is 17.6. The van der Waals surface area contributed by atoms with Crippen LogP contribution in [0.2, 0.25) is 0 Å². The highest BCUT2D eigenvalue weighted by molar-refractivity contribution is 5.95. The van der Waals surface area contributed by atoms with Crippen molar-refractivity contribution in [3.05, 3.63) is 35.4 Å². The molecule has 0 bridgehead atoms. The lowest BCUT2D eigenvalue weighted by molar-refractivity contribution is 0.0749. The highest BCUT2D eigenvalue weighted by atomic mass is 16.2. The Morgan fingerprint density at radius 2 is 1.23 bits per heavy atom. The number of carbonyl (C=O) groups excluding carboxylic acids is 1. The average molecular weight is 360 g/mol. The molecule has 148 valence electrons. The van der Waals surface area contributed by atoms with Crippen molar-refractivity contribution in [2.75, 3.05) is 13.1 Å². The number of amides is 1. The van der Waals surface area contributed by atoms with Crippen LogP contribution in [0.25, 0.3) is 0 Å². The first-order chi connectivity index (χ1) is 12.7. The van der Waals surface area contributed by atoms with Gasteiger partial charge < -0.3 is 4.90 Å². The molecule has 1 aromatic rings. The van der Waals surface area contributed by atoms with Crippen LogP contribution in [-0.2, 0) is 0 Å². The van der Waals surface area contributed by atoms with Crippen LogP contribution in [0.5, 0.6) is 0 Å². The number of unbranched alkanes of at least 4 members (excludes halogenated alkanes) is 10. The third kappa shape index (κ3) is 9.40. The second-order valence-corrected chi connectivity index (χ2v) is 7.64. The Morgan fingerprint density at radius 3 is 1.81 bits per heavy atom. The fourth-order valence-corrected chi connectivity index (χ4v) is 3.44. The first kappa shape index (κ1) is 22.7. The van der Waals surface area contributed by atoms with Gasteiger partial charge in [0.1, 0.15) is 0 Å². The summed E-state index contributed by atoms with van der Waals surface area (Å²) in [6.45, 7) is 8.29. The zero-order chi connectivity index (χ0) is 19.0. The SMILES string of the molecule is CCCCCCCCCCCCN(CCCC)C(=O)c1ccccc1C. The van der Waals surface area contributed by atoms with Crippen LogP contribution < -0.4 is 0 Å². The van der Waals surface area contributed by atoms with Gasteiger partial charge in [-0.3, -0.25) is 4.79 Å². The first-order valence-corrected chi connectivity index (χ1v) is 11.1. The lowest BCUT2D eigenvalue weighted by Gasteiger charge is -2.23. The van der Waals surface area contributed by atoms with E-state index < -0.39 is 0 Å². The minimum Gasteiger partial charge on any atom is -0.339 e. The highest BCUT2D eigenvalue weighted by Crippen LogP contribution is 2.14. The molecular formula is C24H41NO. The normalized spacial score (nSPS) is 10.9. The zero-order valence-electron chi connectivity index (χ0n) is 17.6. The topological polar surface area (TPSA) is 20.3 Å². The molecular weight excluding hydrogens is 318 g/mol. The maximum absolute atomic E-state index is 12.9. The van der Waals surface area contributed by atoms with E-state index in [0.29, 0.717) is 0 Å². The summed E-state index contributed by atoms with van der Waals surface area (Å²) in [4.78, 5) is 15.0. The summed E-state index contributed by atoms with van der Waals surface area (Å²) in [6.07, 6.45) is 15.6. The van der Waals surface area contributed by atoms with Crippen molar-refractivity contribution in [3.63, 3.8) is 0 Å². The van der Waals surface area contributed by atoms with Gasteiger partial charge in [0.15, 0.2) is 0 Å². The number of aryl methyl sites for hydroxylation is 1. The predicted molar refractivity (Wildman–Crippen MR) is 114 cm³/mol. The molecule has 0 atom stereocenters. The number of nitrogens with zero attached hydrogens (tertiary/aromatic N) is 1. The van der Waals surface area contributed by atoms with Crippen LogP contribution in [0, 0.1) is 6.92 Å². The van der Waals surface area contributed by atoms with Crippen LogP contribution in [0.4, 0.5) is 0 Å². The van der Waals surface area contributed by atoms with Crippen molar-refractivity contribution in [1.29, 1.82) is 0 Å². The van der Waals surface area contributed by atoms with Crippen LogP contribution in [0.1, 0.15) is 107 Å². The number of benzene rings is 1. The minimum absolute atomic E-state index is 0.215. The maximum atomic E-state index is 12.9. The summed E-state index contributed by atoms with van der Waals surface area (Å²) in [5, 5.41) is 0. The molecule has 2 nitrogen and oxygen atoms in total. The van der Waals surface area contributed by atoms with Gasteiger partial charge in [0.2, 0.25) is 0 Å². The van der Waals surface area contributed by atoms with E-state index in [1.54, 1.807) is 0 Å². The smallest absolute Gasteiger partial charge is 0.254 e. The van der Waals surface area contributed by atoms with Crippen molar-refractivity contribution in [3.8, 4) is 0 Å². The molecule has 0 aliphatic carbocycles. The van der Waals surface area contributed by atoms with E-state index in [4.69, 9.17) is 0 Å². The van der Waals surface area contributed by atoms with Gasteiger partial charge in [0.25, 0.3) is 5.91 Å². The van der Waals surface area contributed by atoms with Gasteiger partial charge >= 0.3 is 0 Å². The fraction of sp³-hybridized carbons (Fsp3) is 0.708. The van der Waals surface area contributed by atoms with E-state index in [1.807, 2.05) is 31.2 Å². The summed E-state index contributed by atoms with van der Waals surface area (Å²) in [5.74, 6) is 0.215. The van der Waals surface area contributed by atoms with Crippen molar-refractivity contribution in [2.24, 2.45) is 0 Å². The monoisotopic (exact) mass is 359 g/mol. The second kappa shape index (κ2) is 14.8. The number of carbonyl (C=O) groups is 1. The lowest BCUT2D eigenvalue weighted by atomic mass is 10.1. The molecule has 0 heterocycles. The van der Waals surface area contributed by atoms with Gasteiger partial charge in [-0.25, -0.2) is 0 Å². The summed E-state index contributed by atoms with van der Waals surface area (Å²) < 4.78 is 0. The van der Waals surface area contributed by atoms with Gasteiger partial charge in [0.05, 0.1) is 0 Å². The molecule has 0 fully saturated rings. The Morgan fingerprint density at radius 1 is 0.731 bits per heavy atom. The number of hydrogen-bond acceptors (Lipinski definition) is 1. The second-order valence-electron chi connectivity index (χ2n) is 7.64. The molecule has 0 N–H and O–H groups in total. The maximum Gasteiger partial charge on any atom is 0.254 e. The Labute approximate surface area is 162 Å². The van der Waals surface area contributed by atoms with Crippen LogP contribution in [0.15, 0.2) is 24.3 Å². The van der Waals surface area contributed by atoms with Crippen molar-refractivity contribution in [1.82, 2.24) is 4.90 Å². The van der Waals surface area contributed by atoms with Crippen molar-refractivity contribution in [2.45, 2.75) is 97.8 Å². The predicted octanol–water partition coefficient (Wildman–Crippen LogP) is 7.16. The molecule has 0 spiro atoms. The molecule has 0 unspecified atom stereocenters. The molecule has 2 heteroatoms. The molecule has 1 rings (SSSR count). The van der Waals surface area contributed by atoms with Crippen LogP contribution in [-0.4, -0.2) is 23.9 Å². The molecule has 0 saturated carbocycles. The van der Waals surface area contributed by atoms with Gasteiger partial charge in [-0.05, 0) is 31.4 Å². The largest absolute Gasteiger partial charge is 0.339 e. The molecule has 0 aromatic heterocycles. The number of hydrogen-bond donors (Lipinski definition) is 0. The lowest BCUT2D eigenvalue weighted by Crippen LogP contribution is -2.33. The molecule has 0 radical (unpaired) electrons. The van der Waals surface area contributed by atoms with E-state index in [2.05, 4.69) is 18.7 Å². The standard InChI is InChI=1S/C24H41NO/c1-4-6-8-9-10-11-12-13-14-17-21-25(20-7-5-2)24(26)23-19-16-15-18-22(23)3/h15-16,18-19H,4-14,17,20-21H2,1-3H3. The Kier molecular flexibility index (Phi) is 13.0. The minimum atomic E-state index is 0.215. The Bertz CT molecular complexity index is 483. The summed E-state index contributed by atoms with van der Waals surface area (Å²) >= 11 is 0. The third-order valence-electron chi connectivity index (χ3n) is 5.23. The van der Waals surface area contributed by atoms with E-state index in [1.165, 1.54) is 57.8 Å². The Balaban J connectivity index is 2.28. The van der Waals surface area contributed by atoms with E-state index in [9.17, 15) is 4.79 Å². The van der Waals surface area contributed by atoms with E-state index in [-0.39, 0.29) is 5.91 Å². The molecule has 1 aromatic carbocycles. The quantitative estimate of drug-likeness (QED) is 0.304. The van der Waals surface area contributed by atoms with Gasteiger partial charge in [-0.15, -0.1) is 0 Å². The third-order valence-corrected chi connectivity index (χ3v) is 5.23. The summed E-state index contributed by atoms with van der Waals surface area (Å²) in [6, 6.07) is 7.98. The van der Waals surface area contributed by atoms with Crippen LogP contribution in [0.3, 0.4) is 0 Å². The Hall–Kier alpha value is -1.31. The van der Waals surface area contributed by atoms with E-state index in [0.717, 1.165) is 43.5 Å². The first-order valence-electron chi connectivity index (χ1n) is 11.1. The molecule has 0 aliphatic heterocycles. The van der Waals surface area contributed by atoms with Crippen LogP contribution >= 0.6 is 0 Å². The van der Waals surface area contributed by atoms with Gasteiger partial charge in [-0.1, -0.05) is 96.3 Å². The molecule has 26 heavy (non-hydrogen) atoms.